The van der Waals surface area contributed by atoms with E-state index >= 15 is 0 Å². The highest BCUT2D eigenvalue weighted by molar-refractivity contribution is 7.10. The van der Waals surface area contributed by atoms with Gasteiger partial charge in [0, 0.05) is 6.04 Å². The molecule has 1 aliphatic carbocycles. The molecule has 1 aromatic heterocycles. The molecular formula is C14H22N2O2S. The van der Waals surface area contributed by atoms with Crippen molar-refractivity contribution in [1.29, 1.82) is 0 Å². The molecule has 1 heterocycles. The van der Waals surface area contributed by atoms with Crippen molar-refractivity contribution in [3.8, 4) is 0 Å². The van der Waals surface area contributed by atoms with E-state index in [4.69, 9.17) is 0 Å². The van der Waals surface area contributed by atoms with E-state index in [1.807, 2.05) is 0 Å². The Morgan fingerprint density at radius 3 is 2.74 bits per heavy atom. The number of aromatic carboxylic acids is 1. The van der Waals surface area contributed by atoms with Crippen molar-refractivity contribution in [3.05, 3.63) is 11.3 Å². The summed E-state index contributed by atoms with van der Waals surface area (Å²) in [5, 5.41) is 13.4. The zero-order valence-electron chi connectivity index (χ0n) is 11.8. The molecule has 0 amide bonds. The minimum absolute atomic E-state index is 0.345. The maximum Gasteiger partial charge on any atom is 0.340 e. The second-order valence-electron chi connectivity index (χ2n) is 5.72. The van der Waals surface area contributed by atoms with Gasteiger partial charge in [-0.1, -0.05) is 26.7 Å². The largest absolute Gasteiger partial charge is 0.478 e. The Morgan fingerprint density at radius 2 is 2.11 bits per heavy atom. The first-order valence-corrected chi connectivity index (χ1v) is 7.74. The number of hydrogen-bond donors (Lipinski definition) is 2. The summed E-state index contributed by atoms with van der Waals surface area (Å²) in [6, 6.07) is 0.381. The Hall–Kier alpha value is -1.10. The van der Waals surface area contributed by atoms with E-state index in [1.165, 1.54) is 30.8 Å². The van der Waals surface area contributed by atoms with Crippen molar-refractivity contribution in [2.24, 2.45) is 11.8 Å². The third kappa shape index (κ3) is 3.08. The Kier molecular flexibility index (Phi) is 4.45. The molecule has 5 heteroatoms. The maximum absolute atomic E-state index is 11.3. The van der Waals surface area contributed by atoms with E-state index in [0.717, 1.165) is 11.4 Å². The second kappa shape index (κ2) is 5.90. The number of carboxylic acid groups (broad SMARTS) is 1. The summed E-state index contributed by atoms with van der Waals surface area (Å²) in [5.74, 6) is 0.364. The maximum atomic E-state index is 11.3. The molecule has 106 valence electrons. The van der Waals surface area contributed by atoms with Crippen LogP contribution in [0.15, 0.2) is 0 Å². The predicted molar refractivity (Wildman–Crippen MR) is 78.0 cm³/mol. The van der Waals surface area contributed by atoms with Gasteiger partial charge in [-0.05, 0) is 43.1 Å². The van der Waals surface area contributed by atoms with Crippen LogP contribution < -0.4 is 5.32 Å². The van der Waals surface area contributed by atoms with Crippen LogP contribution in [0.25, 0.3) is 0 Å². The molecule has 1 aliphatic rings. The van der Waals surface area contributed by atoms with Crippen LogP contribution in [0.3, 0.4) is 0 Å². The van der Waals surface area contributed by atoms with E-state index in [2.05, 4.69) is 23.5 Å². The molecule has 2 N–H and O–H groups in total. The van der Waals surface area contributed by atoms with Gasteiger partial charge in [-0.2, -0.15) is 4.37 Å². The van der Waals surface area contributed by atoms with Gasteiger partial charge in [0.15, 0.2) is 0 Å². The highest BCUT2D eigenvalue weighted by atomic mass is 32.1. The fourth-order valence-corrected chi connectivity index (χ4v) is 3.88. The number of anilines is 1. The normalized spacial score (nSPS) is 23.6. The average Bonchev–Trinajstić information content (AvgIpc) is 2.71. The topological polar surface area (TPSA) is 62.2 Å². The third-order valence-corrected chi connectivity index (χ3v) is 4.94. The zero-order chi connectivity index (χ0) is 14.0. The minimum atomic E-state index is -0.884. The lowest BCUT2D eigenvalue weighted by molar-refractivity contribution is 0.0697. The second-order valence-corrected chi connectivity index (χ2v) is 6.49. The first kappa shape index (κ1) is 14.3. The van der Waals surface area contributed by atoms with Gasteiger partial charge in [0.1, 0.15) is 10.6 Å². The fourth-order valence-electron chi connectivity index (χ4n) is 3.03. The third-order valence-electron chi connectivity index (χ3n) is 4.07. The van der Waals surface area contributed by atoms with Crippen LogP contribution in [-0.4, -0.2) is 21.5 Å². The quantitative estimate of drug-likeness (QED) is 0.882. The van der Waals surface area contributed by atoms with E-state index in [1.54, 1.807) is 6.92 Å². The van der Waals surface area contributed by atoms with E-state index in [9.17, 15) is 9.90 Å². The minimum Gasteiger partial charge on any atom is -0.478 e. The number of aromatic nitrogens is 1. The molecule has 2 atom stereocenters. The van der Waals surface area contributed by atoms with E-state index in [-0.39, 0.29) is 0 Å². The van der Waals surface area contributed by atoms with Gasteiger partial charge in [0.25, 0.3) is 0 Å². The molecule has 0 aliphatic heterocycles. The number of nitrogens with one attached hydrogen (secondary N) is 1. The smallest absolute Gasteiger partial charge is 0.340 e. The van der Waals surface area contributed by atoms with Crippen LogP contribution in [0.5, 0.6) is 0 Å². The highest BCUT2D eigenvalue weighted by Crippen LogP contribution is 2.34. The van der Waals surface area contributed by atoms with Gasteiger partial charge in [-0.3, -0.25) is 0 Å². The molecule has 0 radical (unpaired) electrons. The van der Waals surface area contributed by atoms with Gasteiger partial charge in [0.05, 0.1) is 5.69 Å². The molecule has 4 nitrogen and oxygen atoms in total. The molecule has 0 bridgehead atoms. The molecule has 0 aromatic carbocycles. The number of carbonyl (C=O) groups is 1. The zero-order valence-corrected chi connectivity index (χ0v) is 12.6. The van der Waals surface area contributed by atoms with Crippen molar-refractivity contribution < 1.29 is 9.90 Å². The van der Waals surface area contributed by atoms with Gasteiger partial charge in [0.2, 0.25) is 0 Å². The van der Waals surface area contributed by atoms with Crippen molar-refractivity contribution >= 4 is 22.5 Å². The monoisotopic (exact) mass is 282 g/mol. The number of carboxylic acids is 1. The van der Waals surface area contributed by atoms with Gasteiger partial charge >= 0.3 is 5.97 Å². The summed E-state index contributed by atoms with van der Waals surface area (Å²) in [4.78, 5) is 11.3. The number of rotatable bonds is 4. The van der Waals surface area contributed by atoms with Gasteiger partial charge in [-0.15, -0.1) is 0 Å². The van der Waals surface area contributed by atoms with Crippen LogP contribution in [0, 0.1) is 18.8 Å². The van der Waals surface area contributed by atoms with Crippen LogP contribution in [0.2, 0.25) is 0 Å². The van der Waals surface area contributed by atoms with E-state index < -0.39 is 5.97 Å². The Morgan fingerprint density at radius 1 is 1.42 bits per heavy atom. The van der Waals surface area contributed by atoms with Crippen molar-refractivity contribution in [3.63, 3.8) is 0 Å². The molecule has 1 saturated carbocycles. The fraction of sp³-hybridized carbons (Fsp3) is 0.714. The lowest BCUT2D eigenvalue weighted by atomic mass is 9.78. The first-order chi connectivity index (χ1) is 9.00. The number of aryl methyl sites for hydroxylation is 1. The SMILES string of the molecule is Cc1nsc(NC2CCCCC2C(C)C)c1C(=O)O. The van der Waals surface area contributed by atoms with Crippen molar-refractivity contribution in [1.82, 2.24) is 4.37 Å². The van der Waals surface area contributed by atoms with E-state index in [0.29, 0.717) is 29.1 Å². The van der Waals surface area contributed by atoms with Crippen molar-refractivity contribution in [2.45, 2.75) is 52.5 Å². The number of nitrogens with zero attached hydrogens (tertiary/aromatic N) is 1. The Labute approximate surface area is 118 Å². The van der Waals surface area contributed by atoms with Crippen molar-refractivity contribution in [2.75, 3.05) is 5.32 Å². The van der Waals surface area contributed by atoms with Crippen LogP contribution in [-0.2, 0) is 0 Å². The summed E-state index contributed by atoms with van der Waals surface area (Å²) in [5.41, 5.74) is 0.954. The predicted octanol–water partition coefficient (Wildman–Crippen LogP) is 3.78. The number of hydrogen-bond acceptors (Lipinski definition) is 4. The van der Waals surface area contributed by atoms with Crippen LogP contribution in [0.4, 0.5) is 5.00 Å². The molecule has 1 fully saturated rings. The van der Waals surface area contributed by atoms with Gasteiger partial charge < -0.3 is 10.4 Å². The van der Waals surface area contributed by atoms with Crippen LogP contribution in [0.1, 0.15) is 55.6 Å². The lowest BCUT2D eigenvalue weighted by Crippen LogP contribution is -2.35. The first-order valence-electron chi connectivity index (χ1n) is 6.96. The summed E-state index contributed by atoms with van der Waals surface area (Å²) in [7, 11) is 0. The lowest BCUT2D eigenvalue weighted by Gasteiger charge is -2.35. The standard InChI is InChI=1S/C14H22N2O2S/c1-8(2)10-6-4-5-7-11(10)15-13-12(14(17)18)9(3)16-19-13/h8,10-11,15H,4-7H2,1-3H3,(H,17,18). The molecule has 2 rings (SSSR count). The molecule has 2 unspecified atom stereocenters. The molecule has 0 saturated heterocycles. The molecular weight excluding hydrogens is 260 g/mol. The summed E-state index contributed by atoms with van der Waals surface area (Å²) in [6.45, 7) is 6.26. The molecule has 1 aromatic rings. The Bertz CT molecular complexity index is 456. The molecule has 19 heavy (non-hydrogen) atoms. The highest BCUT2D eigenvalue weighted by Gasteiger charge is 2.29. The van der Waals surface area contributed by atoms with Crippen LogP contribution >= 0.6 is 11.5 Å². The molecule has 0 spiro atoms. The Balaban J connectivity index is 2.17. The summed E-state index contributed by atoms with van der Waals surface area (Å²) in [6.07, 6.45) is 4.87. The summed E-state index contributed by atoms with van der Waals surface area (Å²) >= 11 is 1.27. The van der Waals surface area contributed by atoms with Gasteiger partial charge in [-0.25, -0.2) is 4.79 Å². The average molecular weight is 282 g/mol. The summed E-state index contributed by atoms with van der Waals surface area (Å²) < 4.78 is 4.17.